The summed E-state index contributed by atoms with van der Waals surface area (Å²) in [6, 6.07) is 21.4. The summed E-state index contributed by atoms with van der Waals surface area (Å²) in [5.41, 5.74) is 1.16. The quantitative estimate of drug-likeness (QED) is 0.195. The normalized spacial score (nSPS) is 10.1. The van der Waals surface area contributed by atoms with Gasteiger partial charge in [0.05, 0.1) is 5.52 Å². The number of rotatable bonds is 1. The Morgan fingerprint density at radius 3 is 1.90 bits per heavy atom. The Labute approximate surface area is 167 Å². The first-order chi connectivity index (χ1) is 14.3. The van der Waals surface area contributed by atoms with Crippen LogP contribution in [0.2, 0.25) is 0 Å². The summed E-state index contributed by atoms with van der Waals surface area (Å²) in [6.45, 7) is 0. The van der Waals surface area contributed by atoms with Crippen LogP contribution in [-0.4, -0.2) is 4.98 Å². The van der Waals surface area contributed by atoms with Crippen LogP contribution in [0.5, 0.6) is 0 Å². The molecular weight excluding hydrogens is 410 g/mol. The molecule has 0 bridgehead atoms. The van der Waals surface area contributed by atoms with Crippen molar-refractivity contribution in [1.29, 1.82) is 0 Å². The van der Waals surface area contributed by atoms with Gasteiger partial charge in [0, 0.05) is 22.9 Å². The van der Waals surface area contributed by atoms with Crippen LogP contribution >= 0.6 is 0 Å². The van der Waals surface area contributed by atoms with E-state index >= 15 is 0 Å². The van der Waals surface area contributed by atoms with Crippen molar-refractivity contribution >= 4 is 21.8 Å². The number of para-hydroxylation sites is 2. The molecule has 2 heterocycles. The molecule has 2 aromatic carbocycles. The fourth-order valence-electron chi connectivity index (χ4n) is 2.34. The number of fused-ring (bicyclic) bond motifs is 2. The molecule has 30 heavy (non-hydrogen) atoms. The molecule has 2 aromatic heterocycles. The molecule has 4 aromatic rings. The number of pyridine rings is 2. The molecule has 0 aliphatic heterocycles. The number of nitrogens with zero attached hydrogens (tertiary/aromatic N) is 2. The molecule has 0 saturated carbocycles. The summed E-state index contributed by atoms with van der Waals surface area (Å²) in [6.07, 6.45) is -6.81. The highest BCUT2D eigenvalue weighted by atomic mass is 19.3. The van der Waals surface area contributed by atoms with Crippen molar-refractivity contribution in [3.05, 3.63) is 102 Å². The van der Waals surface area contributed by atoms with E-state index in [4.69, 9.17) is 0 Å². The third-order valence-electron chi connectivity index (χ3n) is 3.66. The van der Waals surface area contributed by atoms with E-state index in [0.29, 0.717) is 5.52 Å². The average molecular weight is 424 g/mol. The minimum atomic E-state index is -2.91. The molecule has 156 valence electrons. The summed E-state index contributed by atoms with van der Waals surface area (Å²) in [5.74, 6) is 0. The molecule has 0 spiro atoms. The van der Waals surface area contributed by atoms with E-state index in [0.717, 1.165) is 21.0 Å². The highest BCUT2D eigenvalue weighted by Gasteiger charge is 2.08. The Bertz CT molecular complexity index is 1130. The average Bonchev–Trinajstić information content (AvgIpc) is 2.74. The Hall–Kier alpha value is -3.62. The largest absolute Gasteiger partial charge is 0.618 e. The number of alkyl halides is 2. The summed E-state index contributed by atoms with van der Waals surface area (Å²) in [4.78, 5) is 3.82. The predicted octanol–water partition coefficient (Wildman–Crippen LogP) is 6.64. The topological polar surface area (TPSA) is 39.8 Å². The van der Waals surface area contributed by atoms with Gasteiger partial charge in [0.15, 0.2) is 6.20 Å². The zero-order chi connectivity index (χ0) is 22.1. The number of hydrogen-bond acceptors (Lipinski definition) is 2. The van der Waals surface area contributed by atoms with Gasteiger partial charge in [-0.25, -0.2) is 13.8 Å². The summed E-state index contributed by atoms with van der Waals surface area (Å²) in [5, 5.41) is 13.0. The second kappa shape index (κ2) is 10.8. The van der Waals surface area contributed by atoms with Gasteiger partial charge in [-0.05, 0) is 24.3 Å². The van der Waals surface area contributed by atoms with Crippen LogP contribution in [0, 0.1) is 5.21 Å². The van der Waals surface area contributed by atoms with Crippen molar-refractivity contribution in [2.24, 2.45) is 0 Å². The third kappa shape index (κ3) is 6.47. The Morgan fingerprint density at radius 2 is 1.30 bits per heavy atom. The molecule has 3 nitrogen and oxygen atoms in total. The number of halogens is 6. The van der Waals surface area contributed by atoms with Gasteiger partial charge in [0.1, 0.15) is 5.69 Å². The number of hydrogen-bond donors (Lipinski definition) is 0. The molecular formula is C21H14F6N2O. The van der Waals surface area contributed by atoms with Gasteiger partial charge in [-0.15, -0.1) is 0 Å². The van der Waals surface area contributed by atoms with Crippen molar-refractivity contribution in [1.82, 2.24) is 4.98 Å². The minimum Gasteiger partial charge on any atom is -0.618 e. The van der Waals surface area contributed by atoms with Crippen LogP contribution in [-0.2, 0) is 0 Å². The van der Waals surface area contributed by atoms with E-state index in [-0.39, 0.29) is 5.69 Å². The van der Waals surface area contributed by atoms with Gasteiger partial charge < -0.3 is 5.21 Å². The van der Waals surface area contributed by atoms with E-state index in [1.165, 1.54) is 12.3 Å². The zero-order valence-electron chi connectivity index (χ0n) is 15.2. The maximum absolute atomic E-state index is 12.2. The SMILES string of the molecule is FC(F)=C(F)F.FC(F)c1ccc2ccccc2n1.[O-][n+]1cccc2ccccc21. The Kier molecular flexibility index (Phi) is 8.16. The van der Waals surface area contributed by atoms with E-state index in [2.05, 4.69) is 4.98 Å². The standard InChI is InChI=1S/C10H7F2N.C9H7NO.C2F4/c11-10(12)9-6-5-7-3-1-2-4-8(7)13-9;11-10-7-3-5-8-4-1-2-6-9(8)10;3-1(4)2(5)6/h1-6,10H;1-7H;. The van der Waals surface area contributed by atoms with E-state index in [9.17, 15) is 31.5 Å². The third-order valence-corrected chi connectivity index (χ3v) is 3.66. The highest BCUT2D eigenvalue weighted by Crippen LogP contribution is 2.19. The maximum atomic E-state index is 12.2. The lowest BCUT2D eigenvalue weighted by Crippen LogP contribution is -2.25. The Balaban J connectivity index is 0.000000172. The smallest absolute Gasteiger partial charge is 0.334 e. The van der Waals surface area contributed by atoms with Gasteiger partial charge in [-0.2, -0.15) is 22.3 Å². The fourth-order valence-corrected chi connectivity index (χ4v) is 2.34. The van der Waals surface area contributed by atoms with Crippen LogP contribution in [0.3, 0.4) is 0 Å². The van der Waals surface area contributed by atoms with Crippen molar-refractivity contribution in [3.63, 3.8) is 0 Å². The molecule has 0 radical (unpaired) electrons. The molecule has 0 N–H and O–H groups in total. The molecule has 4 rings (SSSR count). The molecule has 0 aliphatic rings. The zero-order valence-corrected chi connectivity index (χ0v) is 15.2. The summed E-state index contributed by atoms with van der Waals surface area (Å²) >= 11 is 0. The molecule has 0 amide bonds. The monoisotopic (exact) mass is 424 g/mol. The van der Waals surface area contributed by atoms with E-state index in [1.807, 2.05) is 42.5 Å². The van der Waals surface area contributed by atoms with Crippen LogP contribution in [0.15, 0.2) is 91.2 Å². The molecule has 9 heteroatoms. The van der Waals surface area contributed by atoms with Crippen molar-refractivity contribution in [3.8, 4) is 0 Å². The van der Waals surface area contributed by atoms with Gasteiger partial charge in [0.2, 0.25) is 5.52 Å². The van der Waals surface area contributed by atoms with Crippen LogP contribution in [0.4, 0.5) is 26.3 Å². The highest BCUT2D eigenvalue weighted by molar-refractivity contribution is 5.78. The van der Waals surface area contributed by atoms with Crippen LogP contribution in [0.25, 0.3) is 21.8 Å². The van der Waals surface area contributed by atoms with Crippen LogP contribution < -0.4 is 4.73 Å². The van der Waals surface area contributed by atoms with Crippen molar-refractivity contribution < 1.29 is 31.1 Å². The number of benzene rings is 2. The molecule has 0 aliphatic carbocycles. The van der Waals surface area contributed by atoms with Crippen molar-refractivity contribution in [2.75, 3.05) is 0 Å². The molecule has 0 saturated heterocycles. The predicted molar refractivity (Wildman–Crippen MR) is 101 cm³/mol. The molecule has 0 unspecified atom stereocenters. The second-order valence-corrected chi connectivity index (χ2v) is 5.64. The van der Waals surface area contributed by atoms with Crippen molar-refractivity contribution in [2.45, 2.75) is 6.43 Å². The molecule has 0 fully saturated rings. The lowest BCUT2D eigenvalue weighted by Gasteiger charge is -2.00. The van der Waals surface area contributed by atoms with Gasteiger partial charge in [-0.1, -0.05) is 36.4 Å². The first-order valence-electron chi connectivity index (χ1n) is 8.36. The maximum Gasteiger partial charge on any atom is 0.334 e. The lowest BCUT2D eigenvalue weighted by atomic mass is 10.2. The van der Waals surface area contributed by atoms with E-state index in [1.54, 1.807) is 24.3 Å². The fraction of sp³-hybridized carbons (Fsp3) is 0.0476. The first-order valence-corrected chi connectivity index (χ1v) is 8.36. The van der Waals surface area contributed by atoms with Gasteiger partial charge in [0.25, 0.3) is 6.43 Å². The molecule has 0 atom stereocenters. The minimum absolute atomic E-state index is 0.168. The summed E-state index contributed by atoms with van der Waals surface area (Å²) < 4.78 is 66.5. The first kappa shape index (κ1) is 22.7. The second-order valence-electron chi connectivity index (χ2n) is 5.64. The van der Waals surface area contributed by atoms with Crippen LogP contribution in [0.1, 0.15) is 12.1 Å². The Morgan fingerprint density at radius 1 is 0.733 bits per heavy atom. The summed E-state index contributed by atoms with van der Waals surface area (Å²) in [7, 11) is 0. The van der Waals surface area contributed by atoms with E-state index < -0.39 is 18.6 Å². The number of aromatic nitrogens is 2. The van der Waals surface area contributed by atoms with Gasteiger partial charge in [-0.3, -0.25) is 0 Å². The van der Waals surface area contributed by atoms with Gasteiger partial charge >= 0.3 is 12.2 Å². The lowest BCUT2D eigenvalue weighted by molar-refractivity contribution is -0.577.